The summed E-state index contributed by atoms with van der Waals surface area (Å²) in [7, 11) is 0. The Labute approximate surface area is 125 Å². The zero-order valence-corrected chi connectivity index (χ0v) is 11.4. The third kappa shape index (κ3) is 2.64. The van der Waals surface area contributed by atoms with Gasteiger partial charge in [0.2, 0.25) is 0 Å². The van der Waals surface area contributed by atoms with Crippen LogP contribution in [0.4, 0.5) is 0 Å². The second-order valence-corrected chi connectivity index (χ2v) is 4.78. The normalized spacial score (nSPS) is 11.3. The molecule has 5 nitrogen and oxygen atoms in total. The lowest BCUT2D eigenvalue weighted by Crippen LogP contribution is -2.00. The van der Waals surface area contributed by atoms with E-state index in [1.54, 1.807) is 36.4 Å². The summed E-state index contributed by atoms with van der Waals surface area (Å²) >= 11 is 0. The topological polar surface area (TPSA) is 90.9 Å². The number of phenolic OH excluding ortho intramolecular Hbond substituents is 3. The van der Waals surface area contributed by atoms with Crippen LogP contribution < -0.4 is 5.43 Å². The van der Waals surface area contributed by atoms with Crippen molar-refractivity contribution in [1.29, 1.82) is 0 Å². The van der Waals surface area contributed by atoms with E-state index < -0.39 is 5.43 Å². The summed E-state index contributed by atoms with van der Waals surface area (Å²) in [6.45, 7) is 0. The van der Waals surface area contributed by atoms with Crippen molar-refractivity contribution < 1.29 is 19.7 Å². The molecule has 2 aromatic carbocycles. The first-order chi connectivity index (χ1) is 10.5. The van der Waals surface area contributed by atoms with Gasteiger partial charge in [-0.1, -0.05) is 18.2 Å². The molecule has 1 aromatic heterocycles. The highest BCUT2D eigenvalue weighted by Crippen LogP contribution is 2.28. The van der Waals surface area contributed by atoms with Crippen LogP contribution in [0.3, 0.4) is 0 Å². The van der Waals surface area contributed by atoms with E-state index in [4.69, 9.17) is 4.42 Å². The van der Waals surface area contributed by atoms with Crippen molar-refractivity contribution in [3.8, 4) is 17.2 Å². The number of fused-ring (bicyclic) bond motifs is 1. The predicted octanol–water partition coefficient (Wildman–Crippen LogP) is 3.08. The Morgan fingerprint density at radius 1 is 0.864 bits per heavy atom. The molecule has 5 heteroatoms. The largest absolute Gasteiger partial charge is 0.508 e. The first-order valence-electron chi connectivity index (χ1n) is 6.50. The predicted molar refractivity (Wildman–Crippen MR) is 82.8 cm³/mol. The van der Waals surface area contributed by atoms with E-state index in [-0.39, 0.29) is 34.0 Å². The van der Waals surface area contributed by atoms with Crippen molar-refractivity contribution >= 4 is 23.1 Å². The van der Waals surface area contributed by atoms with Gasteiger partial charge in [0.15, 0.2) is 5.43 Å². The molecule has 0 atom stereocenters. The molecule has 0 saturated carbocycles. The summed E-state index contributed by atoms with van der Waals surface area (Å²) in [5.74, 6) is -0.0541. The number of hydrogen-bond acceptors (Lipinski definition) is 5. The summed E-state index contributed by atoms with van der Waals surface area (Å²) in [6, 6.07) is 10.1. The second-order valence-electron chi connectivity index (χ2n) is 4.78. The van der Waals surface area contributed by atoms with Gasteiger partial charge in [-0.15, -0.1) is 0 Å². The van der Waals surface area contributed by atoms with Gasteiger partial charge in [-0.3, -0.25) is 4.79 Å². The van der Waals surface area contributed by atoms with E-state index >= 15 is 0 Å². The Bertz CT molecular complexity index is 920. The Hall–Kier alpha value is -3.21. The first-order valence-corrected chi connectivity index (χ1v) is 6.50. The standard InChI is InChI=1S/C17H12O5/c18-11-4-1-10(2-5-11)3-6-13-9-15(21)17-14(20)7-12(19)8-16(17)22-13/h1-9,18-20H/b6-3+. The van der Waals surface area contributed by atoms with Crippen LogP contribution in [0.5, 0.6) is 17.2 Å². The third-order valence-electron chi connectivity index (χ3n) is 3.15. The lowest BCUT2D eigenvalue weighted by Gasteiger charge is -2.02. The molecule has 110 valence electrons. The summed E-state index contributed by atoms with van der Waals surface area (Å²) < 4.78 is 5.49. The molecule has 3 aromatic rings. The highest BCUT2D eigenvalue weighted by molar-refractivity contribution is 5.85. The first kappa shape index (κ1) is 13.8. The highest BCUT2D eigenvalue weighted by atomic mass is 16.3. The van der Waals surface area contributed by atoms with Crippen molar-refractivity contribution in [1.82, 2.24) is 0 Å². The monoisotopic (exact) mass is 296 g/mol. The fourth-order valence-corrected chi connectivity index (χ4v) is 2.12. The zero-order chi connectivity index (χ0) is 15.7. The van der Waals surface area contributed by atoms with Gasteiger partial charge in [0.05, 0.1) is 0 Å². The van der Waals surface area contributed by atoms with Crippen molar-refractivity contribution in [3.05, 3.63) is 64.0 Å². The van der Waals surface area contributed by atoms with Gasteiger partial charge in [0.25, 0.3) is 0 Å². The van der Waals surface area contributed by atoms with Crippen molar-refractivity contribution in [2.45, 2.75) is 0 Å². The van der Waals surface area contributed by atoms with Crippen LogP contribution in [-0.2, 0) is 0 Å². The summed E-state index contributed by atoms with van der Waals surface area (Å²) in [5, 5.41) is 28.4. The molecular formula is C17H12O5. The summed E-state index contributed by atoms with van der Waals surface area (Å²) in [5.41, 5.74) is 0.527. The number of benzene rings is 2. The van der Waals surface area contributed by atoms with E-state index in [0.29, 0.717) is 0 Å². The van der Waals surface area contributed by atoms with Crippen LogP contribution in [0.25, 0.3) is 23.1 Å². The Balaban J connectivity index is 2.05. The van der Waals surface area contributed by atoms with E-state index in [9.17, 15) is 20.1 Å². The van der Waals surface area contributed by atoms with Gasteiger partial charge in [-0.2, -0.15) is 0 Å². The van der Waals surface area contributed by atoms with Crippen LogP contribution in [0, 0.1) is 0 Å². The number of hydrogen-bond donors (Lipinski definition) is 3. The minimum absolute atomic E-state index is 0.0274. The molecule has 3 N–H and O–H groups in total. The van der Waals surface area contributed by atoms with E-state index in [1.807, 2.05) is 0 Å². The average Bonchev–Trinajstić information content (AvgIpc) is 2.45. The average molecular weight is 296 g/mol. The summed E-state index contributed by atoms with van der Waals surface area (Å²) in [4.78, 5) is 12.0. The lowest BCUT2D eigenvalue weighted by atomic mass is 10.1. The van der Waals surface area contributed by atoms with Crippen LogP contribution in [0.2, 0.25) is 0 Å². The Morgan fingerprint density at radius 3 is 2.32 bits per heavy atom. The molecule has 22 heavy (non-hydrogen) atoms. The minimum atomic E-state index is -0.399. The molecule has 3 rings (SSSR count). The molecule has 0 unspecified atom stereocenters. The van der Waals surface area contributed by atoms with Gasteiger partial charge < -0.3 is 19.7 Å². The van der Waals surface area contributed by atoms with Crippen molar-refractivity contribution in [2.75, 3.05) is 0 Å². The van der Waals surface area contributed by atoms with E-state index in [0.717, 1.165) is 11.6 Å². The van der Waals surface area contributed by atoms with Crippen molar-refractivity contribution in [3.63, 3.8) is 0 Å². The molecular weight excluding hydrogens is 284 g/mol. The zero-order valence-electron chi connectivity index (χ0n) is 11.4. The molecule has 0 bridgehead atoms. The van der Waals surface area contributed by atoms with Crippen molar-refractivity contribution in [2.24, 2.45) is 0 Å². The number of aromatic hydroxyl groups is 3. The van der Waals surface area contributed by atoms with Crippen LogP contribution >= 0.6 is 0 Å². The maximum absolute atomic E-state index is 12.0. The second kappa shape index (κ2) is 5.29. The number of rotatable bonds is 2. The molecule has 0 amide bonds. The van der Waals surface area contributed by atoms with Crippen LogP contribution in [0.1, 0.15) is 11.3 Å². The van der Waals surface area contributed by atoms with Gasteiger partial charge in [0, 0.05) is 18.2 Å². The number of phenols is 3. The molecule has 0 radical (unpaired) electrons. The SMILES string of the molecule is O=c1cc(/C=C/c2ccc(O)cc2)oc2cc(O)cc(O)c12. The quantitative estimate of drug-likeness (QED) is 0.676. The Morgan fingerprint density at radius 2 is 1.59 bits per heavy atom. The van der Waals surface area contributed by atoms with Crippen LogP contribution in [0.15, 0.2) is 51.7 Å². The molecule has 0 saturated heterocycles. The van der Waals surface area contributed by atoms with E-state index in [1.165, 1.54) is 12.1 Å². The molecule has 1 heterocycles. The maximum Gasteiger partial charge on any atom is 0.197 e. The van der Waals surface area contributed by atoms with Gasteiger partial charge >= 0.3 is 0 Å². The van der Waals surface area contributed by atoms with E-state index in [2.05, 4.69) is 0 Å². The molecule has 0 fully saturated rings. The molecule has 0 aliphatic heterocycles. The maximum atomic E-state index is 12.0. The third-order valence-corrected chi connectivity index (χ3v) is 3.15. The van der Waals surface area contributed by atoms with Gasteiger partial charge in [-0.05, 0) is 23.8 Å². The molecule has 0 aliphatic carbocycles. The van der Waals surface area contributed by atoms with Crippen LogP contribution in [-0.4, -0.2) is 15.3 Å². The highest BCUT2D eigenvalue weighted by Gasteiger charge is 2.09. The fourth-order valence-electron chi connectivity index (χ4n) is 2.12. The molecule has 0 spiro atoms. The minimum Gasteiger partial charge on any atom is -0.508 e. The smallest absolute Gasteiger partial charge is 0.197 e. The molecule has 0 aliphatic rings. The Kier molecular flexibility index (Phi) is 3.31. The van der Waals surface area contributed by atoms with Gasteiger partial charge in [-0.25, -0.2) is 0 Å². The lowest BCUT2D eigenvalue weighted by molar-refractivity contribution is 0.451. The fraction of sp³-hybridized carbons (Fsp3) is 0. The van der Waals surface area contributed by atoms with Gasteiger partial charge in [0.1, 0.15) is 34.0 Å². The summed E-state index contributed by atoms with van der Waals surface area (Å²) in [6.07, 6.45) is 3.31.